The summed E-state index contributed by atoms with van der Waals surface area (Å²) in [5, 5.41) is 0. The number of hydrogen-bond donors (Lipinski definition) is 1. The number of nitrogens with one attached hydrogen (secondary N) is 1. The minimum atomic E-state index is -3.67. The summed E-state index contributed by atoms with van der Waals surface area (Å²) in [6, 6.07) is 6.06. The van der Waals surface area contributed by atoms with Crippen LogP contribution in [0.1, 0.15) is 37.6 Å². The molecule has 2 rings (SSSR count). The summed E-state index contributed by atoms with van der Waals surface area (Å²) in [6.07, 6.45) is 0.438. The summed E-state index contributed by atoms with van der Waals surface area (Å²) in [4.78, 5) is 11.5. The molecule has 0 bridgehead atoms. The van der Waals surface area contributed by atoms with Gasteiger partial charge in [0.2, 0.25) is 10.0 Å². The highest BCUT2D eigenvalue weighted by atomic mass is 32.2. The highest BCUT2D eigenvalue weighted by Gasteiger charge is 2.40. The Hall–Kier alpha value is -1.24. The van der Waals surface area contributed by atoms with Gasteiger partial charge in [-0.05, 0) is 39.3 Å². The molecule has 1 N–H and O–H groups in total. The first kappa shape index (κ1) is 15.2. The fourth-order valence-electron chi connectivity index (χ4n) is 2.22. The van der Waals surface area contributed by atoms with Crippen molar-refractivity contribution in [3.63, 3.8) is 0 Å². The van der Waals surface area contributed by atoms with Gasteiger partial charge in [-0.3, -0.25) is 4.79 Å². The molecule has 6 heteroatoms. The molecule has 0 aliphatic carbocycles. The van der Waals surface area contributed by atoms with Crippen LogP contribution in [0.15, 0.2) is 29.2 Å². The summed E-state index contributed by atoms with van der Waals surface area (Å²) < 4.78 is 33.0. The van der Waals surface area contributed by atoms with Gasteiger partial charge in [-0.25, -0.2) is 13.1 Å². The molecule has 1 heterocycles. The highest BCUT2D eigenvalue weighted by molar-refractivity contribution is 7.89. The zero-order chi connectivity index (χ0) is 15.0. The number of hydrogen-bond acceptors (Lipinski definition) is 4. The molecule has 1 aliphatic rings. The first-order valence-corrected chi connectivity index (χ1v) is 7.99. The molecule has 20 heavy (non-hydrogen) atoms. The Balaban J connectivity index is 2.31. The average molecular weight is 297 g/mol. The predicted octanol–water partition coefficient (Wildman–Crippen LogP) is 1.74. The molecule has 2 unspecified atom stereocenters. The van der Waals surface area contributed by atoms with Gasteiger partial charge in [0.25, 0.3) is 0 Å². The van der Waals surface area contributed by atoms with Crippen molar-refractivity contribution >= 4 is 15.8 Å². The van der Waals surface area contributed by atoms with E-state index < -0.39 is 15.6 Å². The van der Waals surface area contributed by atoms with Crippen molar-refractivity contribution in [2.75, 3.05) is 6.61 Å². The minimum Gasteiger partial charge on any atom is -0.376 e. The van der Waals surface area contributed by atoms with Crippen molar-refractivity contribution in [2.45, 2.75) is 43.7 Å². The first-order chi connectivity index (χ1) is 9.24. The van der Waals surface area contributed by atoms with Gasteiger partial charge in [0, 0.05) is 12.2 Å². The molecule has 1 aromatic rings. The van der Waals surface area contributed by atoms with Gasteiger partial charge < -0.3 is 4.74 Å². The van der Waals surface area contributed by atoms with E-state index in [2.05, 4.69) is 4.72 Å². The minimum absolute atomic E-state index is 0.102. The number of ketones is 1. The molecule has 0 spiro atoms. The summed E-state index contributed by atoms with van der Waals surface area (Å²) >= 11 is 0. The van der Waals surface area contributed by atoms with E-state index >= 15 is 0 Å². The molecule has 110 valence electrons. The SMILES string of the molecule is CC(=O)c1cccc(S(=O)(=O)NC2(C)CCOC2C)c1. The lowest BCUT2D eigenvalue weighted by molar-refractivity contribution is 0.0957. The van der Waals surface area contributed by atoms with E-state index in [4.69, 9.17) is 4.74 Å². The molecule has 1 aliphatic heterocycles. The lowest BCUT2D eigenvalue weighted by atomic mass is 9.97. The molecular formula is C14H19NO4S. The van der Waals surface area contributed by atoms with Crippen LogP contribution in [0.25, 0.3) is 0 Å². The Kier molecular flexibility index (Phi) is 4.00. The molecule has 0 amide bonds. The molecule has 2 atom stereocenters. The largest absolute Gasteiger partial charge is 0.376 e. The van der Waals surface area contributed by atoms with Crippen LogP contribution in [0, 0.1) is 0 Å². The van der Waals surface area contributed by atoms with Crippen molar-refractivity contribution in [1.82, 2.24) is 4.72 Å². The lowest BCUT2D eigenvalue weighted by Gasteiger charge is -2.28. The number of carbonyl (C=O) groups is 1. The maximum atomic E-state index is 12.4. The third kappa shape index (κ3) is 2.92. The van der Waals surface area contributed by atoms with Gasteiger partial charge in [0.05, 0.1) is 16.5 Å². The number of sulfonamides is 1. The maximum absolute atomic E-state index is 12.4. The smallest absolute Gasteiger partial charge is 0.241 e. The fraction of sp³-hybridized carbons (Fsp3) is 0.500. The average Bonchev–Trinajstić information content (AvgIpc) is 2.68. The van der Waals surface area contributed by atoms with E-state index in [1.165, 1.54) is 19.1 Å². The second-order valence-electron chi connectivity index (χ2n) is 5.37. The van der Waals surface area contributed by atoms with Crippen molar-refractivity contribution < 1.29 is 17.9 Å². The third-order valence-corrected chi connectivity index (χ3v) is 5.41. The molecule has 0 radical (unpaired) electrons. The fourth-order valence-corrected chi connectivity index (χ4v) is 3.76. The number of Topliss-reactive ketones (excluding diaryl/α,β-unsaturated/α-hetero) is 1. The Bertz CT molecular complexity index is 626. The number of rotatable bonds is 4. The van der Waals surface area contributed by atoms with Gasteiger partial charge in [-0.1, -0.05) is 12.1 Å². The quantitative estimate of drug-likeness (QED) is 0.859. The van der Waals surface area contributed by atoms with E-state index in [1.54, 1.807) is 12.1 Å². The predicted molar refractivity (Wildman–Crippen MR) is 75.2 cm³/mol. The molecule has 1 aromatic carbocycles. The highest BCUT2D eigenvalue weighted by Crippen LogP contribution is 2.27. The van der Waals surface area contributed by atoms with Crippen molar-refractivity contribution in [3.05, 3.63) is 29.8 Å². The monoisotopic (exact) mass is 297 g/mol. The molecule has 1 saturated heterocycles. The van der Waals surface area contributed by atoms with E-state index in [9.17, 15) is 13.2 Å². The van der Waals surface area contributed by atoms with E-state index in [1.807, 2.05) is 13.8 Å². The second-order valence-corrected chi connectivity index (χ2v) is 7.05. The van der Waals surface area contributed by atoms with Crippen LogP contribution in [-0.4, -0.2) is 32.5 Å². The zero-order valence-corrected chi connectivity index (χ0v) is 12.7. The maximum Gasteiger partial charge on any atom is 0.241 e. The summed E-state index contributed by atoms with van der Waals surface area (Å²) in [6.45, 7) is 5.62. The van der Waals surface area contributed by atoms with E-state index in [0.717, 1.165) is 0 Å². The van der Waals surface area contributed by atoms with Gasteiger partial charge in [0.15, 0.2) is 5.78 Å². The van der Waals surface area contributed by atoms with E-state index in [0.29, 0.717) is 18.6 Å². The summed E-state index contributed by atoms with van der Waals surface area (Å²) in [5.74, 6) is -0.161. The second kappa shape index (κ2) is 5.27. The van der Waals surface area contributed by atoms with Gasteiger partial charge >= 0.3 is 0 Å². The van der Waals surface area contributed by atoms with Crippen LogP contribution < -0.4 is 4.72 Å². The number of ether oxygens (including phenoxy) is 1. The number of benzene rings is 1. The Labute approximate surface area is 119 Å². The Morgan fingerprint density at radius 2 is 2.15 bits per heavy atom. The Morgan fingerprint density at radius 3 is 2.70 bits per heavy atom. The topological polar surface area (TPSA) is 72.5 Å². The van der Waals surface area contributed by atoms with Gasteiger partial charge in [-0.15, -0.1) is 0 Å². The van der Waals surface area contributed by atoms with Crippen LogP contribution in [0.3, 0.4) is 0 Å². The normalized spacial score (nSPS) is 26.6. The third-order valence-electron chi connectivity index (χ3n) is 3.80. The van der Waals surface area contributed by atoms with Crippen molar-refractivity contribution in [1.29, 1.82) is 0 Å². The summed E-state index contributed by atoms with van der Waals surface area (Å²) in [7, 11) is -3.67. The van der Waals surface area contributed by atoms with E-state index in [-0.39, 0.29) is 16.8 Å². The van der Waals surface area contributed by atoms with Gasteiger partial charge in [-0.2, -0.15) is 0 Å². The Morgan fingerprint density at radius 1 is 1.45 bits per heavy atom. The lowest BCUT2D eigenvalue weighted by Crippen LogP contribution is -2.50. The molecular weight excluding hydrogens is 278 g/mol. The molecule has 5 nitrogen and oxygen atoms in total. The zero-order valence-electron chi connectivity index (χ0n) is 11.8. The standard InChI is InChI=1S/C14H19NO4S/c1-10(16)12-5-4-6-13(9-12)20(17,18)15-14(3)7-8-19-11(14)2/h4-6,9,11,15H,7-8H2,1-3H3. The van der Waals surface area contributed by atoms with Crippen molar-refractivity contribution in [3.8, 4) is 0 Å². The first-order valence-electron chi connectivity index (χ1n) is 6.51. The van der Waals surface area contributed by atoms with Crippen LogP contribution in [0.4, 0.5) is 0 Å². The molecule has 0 aromatic heterocycles. The van der Waals surface area contributed by atoms with Crippen molar-refractivity contribution in [2.24, 2.45) is 0 Å². The van der Waals surface area contributed by atoms with Gasteiger partial charge in [0.1, 0.15) is 0 Å². The van der Waals surface area contributed by atoms with Crippen LogP contribution in [-0.2, 0) is 14.8 Å². The molecule has 1 fully saturated rings. The van der Waals surface area contributed by atoms with Crippen LogP contribution >= 0.6 is 0 Å². The van der Waals surface area contributed by atoms with Crippen LogP contribution in [0.5, 0.6) is 0 Å². The molecule has 0 saturated carbocycles. The number of carbonyl (C=O) groups excluding carboxylic acids is 1. The summed E-state index contributed by atoms with van der Waals surface area (Å²) in [5.41, 5.74) is -0.237. The van der Waals surface area contributed by atoms with Crippen LogP contribution in [0.2, 0.25) is 0 Å².